The molecule has 1 N–H and O–H groups in total. The lowest BCUT2D eigenvalue weighted by atomic mass is 9.79. The maximum absolute atomic E-state index is 3.97. The van der Waals surface area contributed by atoms with Crippen molar-refractivity contribution in [3.8, 4) is 0 Å². The molecule has 1 aromatic heterocycles. The first kappa shape index (κ1) is 14.0. The van der Waals surface area contributed by atoms with Crippen LogP contribution >= 0.6 is 23.1 Å². The summed E-state index contributed by atoms with van der Waals surface area (Å²) in [6.07, 6.45) is 5.41. The lowest BCUT2D eigenvalue weighted by Gasteiger charge is -2.37. The Labute approximate surface area is 125 Å². The average molecular weight is 296 g/mol. The number of rotatable bonds is 2. The summed E-state index contributed by atoms with van der Waals surface area (Å²) < 4.78 is 1.55. The third kappa shape index (κ3) is 3.03. The third-order valence-electron chi connectivity index (χ3n) is 4.94. The van der Waals surface area contributed by atoms with Crippen LogP contribution in [0, 0.1) is 11.8 Å². The predicted octanol–water partition coefficient (Wildman–Crippen LogP) is 5.09. The summed E-state index contributed by atoms with van der Waals surface area (Å²) in [6, 6.07) is 3.67. The van der Waals surface area contributed by atoms with E-state index in [4.69, 9.17) is 0 Å². The van der Waals surface area contributed by atoms with Crippen LogP contribution < -0.4 is 5.32 Å². The maximum Gasteiger partial charge on any atom is 0.0649 e. The fraction of sp³-hybridized carbons (Fsp3) is 0.750. The Morgan fingerprint density at radius 2 is 1.95 bits per heavy atom. The highest BCUT2D eigenvalue weighted by atomic mass is 32.2. The summed E-state index contributed by atoms with van der Waals surface area (Å²) in [5, 5.41) is 6.99. The average Bonchev–Trinajstić information content (AvgIpc) is 2.82. The van der Waals surface area contributed by atoms with Gasteiger partial charge in [-0.05, 0) is 54.5 Å². The minimum atomic E-state index is 0.600. The molecule has 1 aliphatic carbocycles. The van der Waals surface area contributed by atoms with Gasteiger partial charge in [-0.15, -0.1) is 23.1 Å². The van der Waals surface area contributed by atoms with E-state index in [0.29, 0.717) is 6.04 Å². The van der Waals surface area contributed by atoms with Crippen LogP contribution in [-0.4, -0.2) is 11.3 Å². The van der Waals surface area contributed by atoms with Gasteiger partial charge in [-0.2, -0.15) is 0 Å². The molecule has 2 aliphatic rings. The van der Waals surface area contributed by atoms with E-state index in [1.807, 2.05) is 11.3 Å². The Hall–Kier alpha value is 0.0100. The van der Waals surface area contributed by atoms with Crippen LogP contribution in [-0.2, 0) is 0 Å². The first-order valence-corrected chi connectivity index (χ1v) is 9.39. The molecule has 1 aliphatic heterocycles. The minimum Gasteiger partial charge on any atom is -0.307 e. The zero-order valence-corrected chi connectivity index (χ0v) is 13.8. The highest BCUT2D eigenvalue weighted by Gasteiger charge is 2.30. The van der Waals surface area contributed by atoms with Gasteiger partial charge in [0, 0.05) is 17.3 Å². The zero-order valence-electron chi connectivity index (χ0n) is 12.2. The Morgan fingerprint density at radius 1 is 1.11 bits per heavy atom. The third-order valence-corrected chi connectivity index (χ3v) is 7.29. The molecule has 2 heterocycles. The quantitative estimate of drug-likeness (QED) is 0.816. The van der Waals surface area contributed by atoms with Crippen molar-refractivity contribution in [1.82, 2.24) is 5.32 Å². The van der Waals surface area contributed by atoms with Gasteiger partial charge < -0.3 is 5.32 Å². The number of hydrogen-bond donors (Lipinski definition) is 1. The molecule has 0 spiro atoms. The van der Waals surface area contributed by atoms with Gasteiger partial charge in [-0.3, -0.25) is 0 Å². The van der Waals surface area contributed by atoms with Crippen LogP contribution in [0.5, 0.6) is 0 Å². The van der Waals surface area contributed by atoms with Crippen LogP contribution in [0.15, 0.2) is 15.7 Å². The van der Waals surface area contributed by atoms with E-state index in [1.165, 1.54) is 25.7 Å². The molecular weight excluding hydrogens is 270 g/mol. The second-order valence-corrected chi connectivity index (χ2v) is 9.13. The molecule has 3 heteroatoms. The second kappa shape index (κ2) is 5.79. The minimum absolute atomic E-state index is 0.600. The summed E-state index contributed by atoms with van der Waals surface area (Å²) >= 11 is 3.98. The summed E-state index contributed by atoms with van der Waals surface area (Å²) in [5.41, 5.74) is 1.57. The van der Waals surface area contributed by atoms with Crippen molar-refractivity contribution in [2.45, 2.75) is 68.0 Å². The molecule has 5 atom stereocenters. The Balaban J connectivity index is 1.67. The Kier molecular flexibility index (Phi) is 4.25. The molecule has 1 aromatic rings. The molecule has 0 bridgehead atoms. The zero-order chi connectivity index (χ0) is 13.4. The fourth-order valence-electron chi connectivity index (χ4n) is 3.49. The molecule has 4 unspecified atom stereocenters. The Bertz CT molecular complexity index is 428. The van der Waals surface area contributed by atoms with Crippen molar-refractivity contribution >= 4 is 23.1 Å². The maximum atomic E-state index is 3.97. The van der Waals surface area contributed by atoms with Crippen LogP contribution in [0.2, 0.25) is 0 Å². The van der Waals surface area contributed by atoms with Gasteiger partial charge >= 0.3 is 0 Å². The first-order chi connectivity index (χ1) is 9.13. The van der Waals surface area contributed by atoms with Crippen molar-refractivity contribution in [3.05, 3.63) is 17.0 Å². The topological polar surface area (TPSA) is 12.0 Å². The smallest absolute Gasteiger partial charge is 0.0649 e. The predicted molar refractivity (Wildman–Crippen MR) is 86.1 cm³/mol. The van der Waals surface area contributed by atoms with E-state index < -0.39 is 0 Å². The van der Waals surface area contributed by atoms with Crippen LogP contribution in [0.25, 0.3) is 0 Å². The summed E-state index contributed by atoms with van der Waals surface area (Å²) in [6.45, 7) is 7.21. The summed E-state index contributed by atoms with van der Waals surface area (Å²) in [4.78, 5) is 0. The molecule has 3 rings (SSSR count). The number of fused-ring (bicyclic) bond motifs is 1. The van der Waals surface area contributed by atoms with Crippen molar-refractivity contribution in [2.75, 3.05) is 0 Å². The van der Waals surface area contributed by atoms with Crippen LogP contribution in [0.3, 0.4) is 0 Å². The largest absolute Gasteiger partial charge is 0.307 e. The number of thioether (sulfide) groups is 1. The number of hydrogen-bond acceptors (Lipinski definition) is 3. The van der Waals surface area contributed by atoms with Gasteiger partial charge in [0.15, 0.2) is 0 Å². The molecule has 0 radical (unpaired) electrons. The van der Waals surface area contributed by atoms with E-state index in [-0.39, 0.29) is 0 Å². The molecule has 1 saturated carbocycles. The van der Waals surface area contributed by atoms with Crippen molar-refractivity contribution in [3.63, 3.8) is 0 Å². The van der Waals surface area contributed by atoms with Crippen molar-refractivity contribution < 1.29 is 0 Å². The lowest BCUT2D eigenvalue weighted by molar-refractivity contribution is 0.212. The van der Waals surface area contributed by atoms with Gasteiger partial charge in [-0.25, -0.2) is 0 Å². The van der Waals surface area contributed by atoms with Crippen molar-refractivity contribution in [2.24, 2.45) is 11.8 Å². The summed E-state index contributed by atoms with van der Waals surface area (Å²) in [5.74, 6) is 1.79. The summed E-state index contributed by atoms with van der Waals surface area (Å²) in [7, 11) is 0. The van der Waals surface area contributed by atoms with Gasteiger partial charge in [0.25, 0.3) is 0 Å². The molecule has 19 heavy (non-hydrogen) atoms. The standard InChI is InChI=1S/C16H25NS2/c1-10-4-5-13(8-11(10)2)17-15-9-12(3)19-16-14(15)6-7-18-16/h6-7,10-13,15,17H,4-5,8-9H2,1-3H3/t10?,11?,12-,13?,15?/m0/s1. The number of thiophene rings is 1. The molecule has 0 amide bonds. The monoisotopic (exact) mass is 295 g/mol. The highest BCUT2D eigenvalue weighted by Crippen LogP contribution is 2.44. The van der Waals surface area contributed by atoms with Gasteiger partial charge in [0.2, 0.25) is 0 Å². The highest BCUT2D eigenvalue weighted by molar-refractivity contribution is 8.01. The van der Waals surface area contributed by atoms with Crippen LogP contribution in [0.1, 0.15) is 58.1 Å². The van der Waals surface area contributed by atoms with Crippen molar-refractivity contribution in [1.29, 1.82) is 0 Å². The lowest BCUT2D eigenvalue weighted by Crippen LogP contribution is -2.39. The first-order valence-electron chi connectivity index (χ1n) is 7.63. The molecule has 0 aromatic carbocycles. The normalized spacial score (nSPS) is 39.0. The van der Waals surface area contributed by atoms with E-state index in [0.717, 1.165) is 23.1 Å². The number of nitrogens with one attached hydrogen (secondary N) is 1. The molecule has 106 valence electrons. The fourth-order valence-corrected chi connectivity index (χ4v) is 6.06. The van der Waals surface area contributed by atoms with E-state index in [9.17, 15) is 0 Å². The van der Waals surface area contributed by atoms with Gasteiger partial charge in [-0.1, -0.05) is 20.8 Å². The SMILES string of the molecule is CC1CCC(NC2C[C@H](C)Sc3sccc32)CC1C. The molecule has 1 nitrogen and oxygen atoms in total. The molecule has 0 saturated heterocycles. The van der Waals surface area contributed by atoms with Gasteiger partial charge in [0.05, 0.1) is 4.21 Å². The second-order valence-electron chi connectivity index (χ2n) is 6.51. The Morgan fingerprint density at radius 3 is 2.74 bits per heavy atom. The van der Waals surface area contributed by atoms with E-state index >= 15 is 0 Å². The van der Waals surface area contributed by atoms with Gasteiger partial charge in [0.1, 0.15) is 0 Å². The molecular formula is C16H25NS2. The van der Waals surface area contributed by atoms with E-state index in [1.54, 1.807) is 9.77 Å². The van der Waals surface area contributed by atoms with E-state index in [2.05, 4.69) is 49.3 Å². The van der Waals surface area contributed by atoms with Crippen LogP contribution in [0.4, 0.5) is 0 Å². The molecule has 1 fully saturated rings.